The molecule has 3 atom stereocenters. The number of primary amides is 1. The first-order valence-electron chi connectivity index (χ1n) is 4.41. The first kappa shape index (κ1) is 11.2. The van der Waals surface area contributed by atoms with Gasteiger partial charge in [0.15, 0.2) is 12.6 Å². The van der Waals surface area contributed by atoms with E-state index >= 15 is 0 Å². The van der Waals surface area contributed by atoms with E-state index in [1.165, 1.54) is 0 Å². The number of methoxy groups -OCH3 is 2. The van der Waals surface area contributed by atoms with Crippen LogP contribution in [0.5, 0.6) is 0 Å². The van der Waals surface area contributed by atoms with Crippen molar-refractivity contribution in [3.8, 4) is 0 Å². The van der Waals surface area contributed by atoms with E-state index in [0.717, 1.165) is 0 Å². The van der Waals surface area contributed by atoms with Gasteiger partial charge in [-0.25, -0.2) is 4.79 Å². The summed E-state index contributed by atoms with van der Waals surface area (Å²) in [6.45, 7) is 0.438. The zero-order valence-electron chi connectivity index (χ0n) is 8.36. The zero-order chi connectivity index (χ0) is 10.6. The quantitative estimate of drug-likeness (QED) is 0.655. The second-order valence-corrected chi connectivity index (χ2v) is 3.15. The molecule has 3 N–H and O–H groups in total. The number of nitrogens with one attached hydrogen (secondary N) is 1. The minimum Gasteiger partial charge on any atom is -0.356 e. The average molecular weight is 204 g/mol. The van der Waals surface area contributed by atoms with Crippen LogP contribution in [0.15, 0.2) is 0 Å². The summed E-state index contributed by atoms with van der Waals surface area (Å²) < 4.78 is 15.5. The zero-order valence-corrected chi connectivity index (χ0v) is 8.36. The number of amides is 2. The maximum atomic E-state index is 10.5. The molecular formula is C8H16N2O4. The summed E-state index contributed by atoms with van der Waals surface area (Å²) in [6.07, 6.45) is 0.0846. The van der Waals surface area contributed by atoms with Gasteiger partial charge >= 0.3 is 6.03 Å². The van der Waals surface area contributed by atoms with Crippen molar-refractivity contribution < 1.29 is 19.0 Å². The predicted molar refractivity (Wildman–Crippen MR) is 48.4 cm³/mol. The molecule has 3 unspecified atom stereocenters. The fourth-order valence-corrected chi connectivity index (χ4v) is 1.49. The SMILES string of the molecule is COC1CC(CNC(N)=O)C(OC)O1. The monoisotopic (exact) mass is 204 g/mol. The second-order valence-electron chi connectivity index (χ2n) is 3.15. The number of nitrogens with two attached hydrogens (primary N) is 1. The van der Waals surface area contributed by atoms with Crippen LogP contribution in [0.4, 0.5) is 4.79 Å². The first-order chi connectivity index (χ1) is 6.67. The van der Waals surface area contributed by atoms with Crippen LogP contribution in [0.25, 0.3) is 0 Å². The highest BCUT2D eigenvalue weighted by Crippen LogP contribution is 2.26. The molecule has 0 aliphatic carbocycles. The Morgan fingerprint density at radius 1 is 1.57 bits per heavy atom. The van der Waals surface area contributed by atoms with Gasteiger partial charge < -0.3 is 25.3 Å². The number of ether oxygens (including phenoxy) is 3. The van der Waals surface area contributed by atoms with E-state index in [1.54, 1.807) is 14.2 Å². The standard InChI is InChI=1S/C8H16N2O4/c1-12-6-3-5(4-10-8(9)11)7(13-2)14-6/h5-7H,3-4H2,1-2H3,(H3,9,10,11). The van der Waals surface area contributed by atoms with Gasteiger partial charge in [-0.3, -0.25) is 0 Å². The van der Waals surface area contributed by atoms with Crippen molar-refractivity contribution in [1.29, 1.82) is 0 Å². The summed E-state index contributed by atoms with van der Waals surface area (Å²) in [6, 6.07) is -0.541. The fourth-order valence-electron chi connectivity index (χ4n) is 1.49. The van der Waals surface area contributed by atoms with Crippen LogP contribution in [-0.4, -0.2) is 39.4 Å². The molecule has 82 valence electrons. The van der Waals surface area contributed by atoms with E-state index in [9.17, 15) is 4.79 Å². The Balaban J connectivity index is 2.38. The largest absolute Gasteiger partial charge is 0.356 e. The second kappa shape index (κ2) is 5.14. The maximum absolute atomic E-state index is 10.5. The van der Waals surface area contributed by atoms with Crippen LogP contribution >= 0.6 is 0 Å². The van der Waals surface area contributed by atoms with Gasteiger partial charge in [0.25, 0.3) is 0 Å². The maximum Gasteiger partial charge on any atom is 0.312 e. The number of hydrogen-bond acceptors (Lipinski definition) is 4. The highest BCUT2D eigenvalue weighted by atomic mass is 16.8. The normalized spacial score (nSPS) is 31.7. The minimum absolute atomic E-state index is 0.0810. The predicted octanol–water partition coefficient (Wildman–Crippen LogP) is -0.364. The van der Waals surface area contributed by atoms with Crippen molar-refractivity contribution in [2.45, 2.75) is 19.0 Å². The third-order valence-electron chi connectivity index (χ3n) is 2.20. The minimum atomic E-state index is -0.541. The molecule has 1 aliphatic rings. The molecule has 0 saturated carbocycles. The topological polar surface area (TPSA) is 82.8 Å². The van der Waals surface area contributed by atoms with E-state index in [4.69, 9.17) is 19.9 Å². The molecule has 1 fully saturated rings. The van der Waals surface area contributed by atoms with Gasteiger partial charge in [-0.05, 0) is 0 Å². The molecule has 0 radical (unpaired) electrons. The van der Waals surface area contributed by atoms with Gasteiger partial charge in [0.2, 0.25) is 0 Å². The molecule has 0 aromatic heterocycles. The van der Waals surface area contributed by atoms with Crippen molar-refractivity contribution in [2.75, 3.05) is 20.8 Å². The van der Waals surface area contributed by atoms with E-state index in [0.29, 0.717) is 13.0 Å². The molecular weight excluding hydrogens is 188 g/mol. The Kier molecular flexibility index (Phi) is 4.12. The highest BCUT2D eigenvalue weighted by Gasteiger charge is 2.35. The molecule has 6 nitrogen and oxygen atoms in total. The van der Waals surface area contributed by atoms with E-state index in [2.05, 4.69) is 5.32 Å². The van der Waals surface area contributed by atoms with E-state index in [1.807, 2.05) is 0 Å². The van der Waals surface area contributed by atoms with Crippen LogP contribution in [0.3, 0.4) is 0 Å². The Labute approximate surface area is 82.7 Å². The van der Waals surface area contributed by atoms with Gasteiger partial charge in [0, 0.05) is 33.1 Å². The summed E-state index contributed by atoms with van der Waals surface area (Å²) >= 11 is 0. The van der Waals surface area contributed by atoms with Gasteiger partial charge in [0.05, 0.1) is 0 Å². The van der Waals surface area contributed by atoms with Crippen molar-refractivity contribution >= 4 is 6.03 Å². The summed E-state index contributed by atoms with van der Waals surface area (Å²) in [5.41, 5.74) is 4.96. The molecule has 0 aromatic carbocycles. The lowest BCUT2D eigenvalue weighted by Crippen LogP contribution is -2.36. The van der Waals surface area contributed by atoms with Crippen LogP contribution in [0.1, 0.15) is 6.42 Å². The summed E-state index contributed by atoms with van der Waals surface area (Å²) in [5, 5.41) is 2.52. The number of carbonyl (C=O) groups excluding carboxylic acids is 1. The Morgan fingerprint density at radius 2 is 2.29 bits per heavy atom. The Bertz CT molecular complexity index is 200. The molecule has 1 aliphatic heterocycles. The number of rotatable bonds is 4. The van der Waals surface area contributed by atoms with E-state index in [-0.39, 0.29) is 18.5 Å². The lowest BCUT2D eigenvalue weighted by Gasteiger charge is -2.15. The molecule has 1 saturated heterocycles. The Hall–Kier alpha value is -0.850. The molecule has 0 bridgehead atoms. The molecule has 1 rings (SSSR count). The third-order valence-corrected chi connectivity index (χ3v) is 2.20. The van der Waals surface area contributed by atoms with Crippen LogP contribution < -0.4 is 11.1 Å². The number of hydrogen-bond donors (Lipinski definition) is 2. The van der Waals surface area contributed by atoms with Gasteiger partial charge in [-0.2, -0.15) is 0 Å². The molecule has 2 amide bonds. The van der Waals surface area contributed by atoms with Gasteiger partial charge in [-0.15, -0.1) is 0 Å². The van der Waals surface area contributed by atoms with Crippen LogP contribution in [0.2, 0.25) is 0 Å². The number of urea groups is 1. The molecule has 0 aromatic rings. The highest BCUT2D eigenvalue weighted by molar-refractivity contribution is 5.71. The molecule has 6 heteroatoms. The van der Waals surface area contributed by atoms with Gasteiger partial charge in [0.1, 0.15) is 0 Å². The lowest BCUT2D eigenvalue weighted by molar-refractivity contribution is -0.192. The van der Waals surface area contributed by atoms with Crippen LogP contribution in [0, 0.1) is 5.92 Å². The summed E-state index contributed by atoms with van der Waals surface area (Å²) in [7, 11) is 3.13. The lowest BCUT2D eigenvalue weighted by atomic mass is 10.1. The smallest absolute Gasteiger partial charge is 0.312 e. The first-order valence-corrected chi connectivity index (χ1v) is 4.41. The van der Waals surface area contributed by atoms with Crippen molar-refractivity contribution in [2.24, 2.45) is 11.7 Å². The molecule has 14 heavy (non-hydrogen) atoms. The van der Waals surface area contributed by atoms with Crippen molar-refractivity contribution in [3.05, 3.63) is 0 Å². The average Bonchev–Trinajstić information content (AvgIpc) is 2.57. The molecule has 0 spiro atoms. The van der Waals surface area contributed by atoms with Gasteiger partial charge in [-0.1, -0.05) is 0 Å². The summed E-state index contributed by atoms with van der Waals surface area (Å²) in [4.78, 5) is 10.5. The fraction of sp³-hybridized carbons (Fsp3) is 0.875. The Morgan fingerprint density at radius 3 is 2.79 bits per heavy atom. The third kappa shape index (κ3) is 2.83. The van der Waals surface area contributed by atoms with E-state index < -0.39 is 6.03 Å². The van der Waals surface area contributed by atoms with Crippen molar-refractivity contribution in [3.63, 3.8) is 0 Å². The van der Waals surface area contributed by atoms with Crippen LogP contribution in [-0.2, 0) is 14.2 Å². The number of carbonyl (C=O) groups is 1. The molecule has 1 heterocycles. The summed E-state index contributed by atoms with van der Waals surface area (Å²) in [5.74, 6) is 0.0810. The van der Waals surface area contributed by atoms with Crippen molar-refractivity contribution in [1.82, 2.24) is 5.32 Å².